The summed E-state index contributed by atoms with van der Waals surface area (Å²) in [5.74, 6) is -1.93. The molecule has 7 nitrogen and oxygen atoms in total. The minimum absolute atomic E-state index is 0.0447. The fraction of sp³-hybridized carbons (Fsp3) is 0.0417. The Kier molecular flexibility index (Phi) is 6.37. The van der Waals surface area contributed by atoms with Crippen LogP contribution in [0.2, 0.25) is 5.02 Å². The van der Waals surface area contributed by atoms with Crippen molar-refractivity contribution in [2.24, 2.45) is 0 Å². The largest absolute Gasteiger partial charge is 0.482 e. The number of benzene rings is 3. The molecule has 0 spiro atoms. The number of hydrazine groups is 1. The number of hydrogen-bond donors (Lipinski definition) is 2. The standard InChI is InChI=1S/C24H17ClFN3O4/c25-18-13-15(12-17-23(31)28-29(24(17)32)16-6-2-1-3-7-16)10-11-21(18)33-14-22(30)27-20-9-5-4-8-19(20)26/h1-13H,14H2,(H,27,30)(H,28,31). The Morgan fingerprint density at radius 2 is 1.79 bits per heavy atom. The van der Waals surface area contributed by atoms with Gasteiger partial charge in [-0.25, -0.2) is 9.40 Å². The Morgan fingerprint density at radius 3 is 2.52 bits per heavy atom. The highest BCUT2D eigenvalue weighted by Crippen LogP contribution is 2.28. The summed E-state index contributed by atoms with van der Waals surface area (Å²) in [5.41, 5.74) is 3.55. The Balaban J connectivity index is 1.43. The predicted octanol–water partition coefficient (Wildman–Crippen LogP) is 3.96. The highest BCUT2D eigenvalue weighted by atomic mass is 35.5. The van der Waals surface area contributed by atoms with Gasteiger partial charge in [0, 0.05) is 0 Å². The first-order valence-corrected chi connectivity index (χ1v) is 10.2. The van der Waals surface area contributed by atoms with Gasteiger partial charge in [-0.1, -0.05) is 48.0 Å². The summed E-state index contributed by atoms with van der Waals surface area (Å²) in [5, 5.41) is 3.75. The molecule has 0 bridgehead atoms. The molecule has 1 aliphatic rings. The Bertz CT molecular complexity index is 1260. The van der Waals surface area contributed by atoms with Gasteiger partial charge in [-0.3, -0.25) is 19.8 Å². The van der Waals surface area contributed by atoms with Crippen LogP contribution in [-0.4, -0.2) is 24.3 Å². The van der Waals surface area contributed by atoms with Crippen molar-refractivity contribution in [3.8, 4) is 5.75 Å². The molecular weight excluding hydrogens is 449 g/mol. The number of anilines is 2. The van der Waals surface area contributed by atoms with Crippen LogP contribution in [0, 0.1) is 5.82 Å². The lowest BCUT2D eigenvalue weighted by molar-refractivity contribution is -0.118. The van der Waals surface area contributed by atoms with Crippen molar-refractivity contribution in [2.45, 2.75) is 0 Å². The van der Waals surface area contributed by atoms with Gasteiger partial charge in [0.05, 0.1) is 16.4 Å². The lowest BCUT2D eigenvalue weighted by Gasteiger charge is -2.13. The van der Waals surface area contributed by atoms with Crippen molar-refractivity contribution >= 4 is 46.8 Å². The van der Waals surface area contributed by atoms with Gasteiger partial charge in [0.1, 0.15) is 17.1 Å². The maximum absolute atomic E-state index is 13.6. The monoisotopic (exact) mass is 465 g/mol. The number of amides is 3. The van der Waals surface area contributed by atoms with Crippen molar-refractivity contribution < 1.29 is 23.5 Å². The van der Waals surface area contributed by atoms with Crippen molar-refractivity contribution in [1.29, 1.82) is 0 Å². The summed E-state index contributed by atoms with van der Waals surface area (Å²) >= 11 is 6.24. The van der Waals surface area contributed by atoms with E-state index in [0.29, 0.717) is 11.3 Å². The lowest BCUT2D eigenvalue weighted by Crippen LogP contribution is -2.35. The quantitative estimate of drug-likeness (QED) is 0.426. The van der Waals surface area contributed by atoms with Crippen LogP contribution >= 0.6 is 11.6 Å². The molecule has 3 amide bonds. The molecular formula is C24H17ClFN3O4. The number of carbonyl (C=O) groups excluding carboxylic acids is 3. The van der Waals surface area contributed by atoms with Crippen LogP contribution in [0.3, 0.4) is 0 Å². The Hall–Kier alpha value is -4.17. The summed E-state index contributed by atoms with van der Waals surface area (Å²) in [6.07, 6.45) is 1.42. The number of halogens is 2. The summed E-state index contributed by atoms with van der Waals surface area (Å²) in [6, 6.07) is 19.1. The zero-order valence-corrected chi connectivity index (χ0v) is 17.8. The van der Waals surface area contributed by atoms with E-state index in [1.165, 1.54) is 41.4 Å². The van der Waals surface area contributed by atoms with Gasteiger partial charge in [0.15, 0.2) is 6.61 Å². The van der Waals surface area contributed by atoms with E-state index < -0.39 is 23.5 Å². The SMILES string of the molecule is O=C(COc1ccc(C=C2C(=O)NN(c3ccccc3)C2=O)cc1Cl)Nc1ccccc1F. The molecule has 9 heteroatoms. The van der Waals surface area contributed by atoms with Gasteiger partial charge in [-0.2, -0.15) is 0 Å². The molecule has 2 N–H and O–H groups in total. The van der Waals surface area contributed by atoms with Gasteiger partial charge >= 0.3 is 0 Å². The summed E-state index contributed by atoms with van der Waals surface area (Å²) in [7, 11) is 0. The maximum Gasteiger partial charge on any atom is 0.282 e. The van der Waals surface area contributed by atoms with Crippen molar-refractivity contribution in [2.75, 3.05) is 16.9 Å². The van der Waals surface area contributed by atoms with Gasteiger partial charge < -0.3 is 10.1 Å². The zero-order chi connectivity index (χ0) is 23.4. The molecule has 3 aromatic carbocycles. The topological polar surface area (TPSA) is 87.7 Å². The van der Waals surface area contributed by atoms with Crippen LogP contribution < -0.4 is 20.5 Å². The first-order valence-electron chi connectivity index (χ1n) is 9.81. The highest BCUT2D eigenvalue weighted by molar-refractivity contribution is 6.33. The molecule has 1 fully saturated rings. The lowest BCUT2D eigenvalue weighted by atomic mass is 10.1. The Labute approximate surface area is 193 Å². The molecule has 0 atom stereocenters. The van der Waals surface area contributed by atoms with Gasteiger partial charge in [-0.05, 0) is 48.0 Å². The maximum atomic E-state index is 13.6. The number of carbonyl (C=O) groups is 3. The molecule has 1 heterocycles. The number of ether oxygens (including phenoxy) is 1. The first-order chi connectivity index (χ1) is 15.9. The molecule has 3 aromatic rings. The third-order valence-electron chi connectivity index (χ3n) is 4.68. The summed E-state index contributed by atoms with van der Waals surface area (Å²) < 4.78 is 19.0. The van der Waals surface area contributed by atoms with Crippen LogP contribution in [0.25, 0.3) is 6.08 Å². The molecule has 1 aliphatic heterocycles. The second-order valence-corrected chi connectivity index (χ2v) is 7.39. The zero-order valence-electron chi connectivity index (χ0n) is 17.0. The molecule has 166 valence electrons. The molecule has 4 rings (SSSR count). The van der Waals surface area contributed by atoms with Gasteiger partial charge in [0.2, 0.25) is 0 Å². The number of nitrogens with one attached hydrogen (secondary N) is 2. The van der Waals surface area contributed by atoms with Crippen molar-refractivity contribution in [1.82, 2.24) is 5.43 Å². The van der Waals surface area contributed by atoms with Crippen LogP contribution in [0.15, 0.2) is 78.4 Å². The fourth-order valence-corrected chi connectivity index (χ4v) is 3.34. The number of hydrogen-bond acceptors (Lipinski definition) is 4. The number of para-hydroxylation sites is 2. The van der Waals surface area contributed by atoms with E-state index in [9.17, 15) is 18.8 Å². The fourth-order valence-electron chi connectivity index (χ4n) is 3.10. The van der Waals surface area contributed by atoms with E-state index in [4.69, 9.17) is 16.3 Å². The molecule has 0 aromatic heterocycles. The first kappa shape index (κ1) is 22.0. The average Bonchev–Trinajstić information content (AvgIpc) is 3.09. The normalized spacial score (nSPS) is 14.4. The molecule has 0 saturated carbocycles. The number of rotatable bonds is 6. The second-order valence-electron chi connectivity index (χ2n) is 6.98. The van der Waals surface area contributed by atoms with Crippen LogP contribution in [0.5, 0.6) is 5.75 Å². The third-order valence-corrected chi connectivity index (χ3v) is 4.97. The van der Waals surface area contributed by atoms with Crippen molar-refractivity contribution in [3.05, 3.63) is 94.8 Å². The van der Waals surface area contributed by atoms with E-state index in [-0.39, 0.29) is 28.6 Å². The van der Waals surface area contributed by atoms with E-state index in [2.05, 4.69) is 10.7 Å². The van der Waals surface area contributed by atoms with E-state index in [1.807, 2.05) is 0 Å². The van der Waals surface area contributed by atoms with E-state index >= 15 is 0 Å². The summed E-state index contributed by atoms with van der Waals surface area (Å²) in [4.78, 5) is 37.0. The predicted molar refractivity (Wildman–Crippen MR) is 122 cm³/mol. The molecule has 0 aliphatic carbocycles. The number of nitrogens with zero attached hydrogens (tertiary/aromatic N) is 1. The van der Waals surface area contributed by atoms with Crippen molar-refractivity contribution in [3.63, 3.8) is 0 Å². The highest BCUT2D eigenvalue weighted by Gasteiger charge is 2.34. The smallest absolute Gasteiger partial charge is 0.282 e. The molecule has 0 radical (unpaired) electrons. The summed E-state index contributed by atoms with van der Waals surface area (Å²) in [6.45, 7) is -0.387. The second kappa shape index (κ2) is 9.54. The Morgan fingerprint density at radius 1 is 1.06 bits per heavy atom. The minimum Gasteiger partial charge on any atom is -0.482 e. The molecule has 33 heavy (non-hydrogen) atoms. The van der Waals surface area contributed by atoms with E-state index in [0.717, 1.165) is 0 Å². The van der Waals surface area contributed by atoms with Crippen LogP contribution in [-0.2, 0) is 14.4 Å². The molecule has 0 unspecified atom stereocenters. The average molecular weight is 466 g/mol. The van der Waals surface area contributed by atoms with Gasteiger partial charge in [0.25, 0.3) is 17.7 Å². The van der Waals surface area contributed by atoms with Crippen LogP contribution in [0.4, 0.5) is 15.8 Å². The van der Waals surface area contributed by atoms with E-state index in [1.54, 1.807) is 42.5 Å². The molecule has 1 saturated heterocycles. The third kappa shape index (κ3) is 5.02. The van der Waals surface area contributed by atoms with Crippen LogP contribution in [0.1, 0.15) is 5.56 Å². The van der Waals surface area contributed by atoms with Gasteiger partial charge in [-0.15, -0.1) is 0 Å². The minimum atomic E-state index is -0.559.